The van der Waals surface area contributed by atoms with Gasteiger partial charge in [0.1, 0.15) is 32.0 Å². The van der Waals surface area contributed by atoms with Crippen molar-refractivity contribution >= 4 is 41.8 Å². The fraction of sp³-hybridized carbons (Fsp3) is 0.424. The molecule has 2 N–H and O–H groups in total. The molecule has 0 saturated carbocycles. The van der Waals surface area contributed by atoms with Crippen LogP contribution in [0.1, 0.15) is 45.2 Å². The molecule has 0 radical (unpaired) electrons. The standard InChI is InChI=1S/C33H38N2O14/c1-19(36)43-18-26-28(46-20(2)37)29(47-21(3)38)30(48-22(4)39)31(49-26)35-27(40)15-25(32(41)44-16-23-11-7-5-8-12-23)34-33(42)45-17-24-13-9-6-10-14-24/h5-14,25-26,28-31H,15-18H2,1-4H3,(H,34,42)(H,35,40)/t25-,26+,28+,29-,30+,31-/m0/s1. The molecule has 2 amide bonds. The zero-order valence-electron chi connectivity index (χ0n) is 27.3. The summed E-state index contributed by atoms with van der Waals surface area (Å²) in [5.41, 5.74) is 1.31. The van der Waals surface area contributed by atoms with Gasteiger partial charge in [-0.25, -0.2) is 9.59 Å². The summed E-state index contributed by atoms with van der Waals surface area (Å²) in [4.78, 5) is 87.1. The number of carbonyl (C=O) groups is 7. The second-order valence-electron chi connectivity index (χ2n) is 10.7. The Morgan fingerprint density at radius 3 is 1.69 bits per heavy atom. The van der Waals surface area contributed by atoms with Crippen molar-refractivity contribution in [3.63, 3.8) is 0 Å². The van der Waals surface area contributed by atoms with Gasteiger partial charge in [0.05, 0.1) is 6.42 Å². The molecule has 3 rings (SSSR count). The van der Waals surface area contributed by atoms with Crippen molar-refractivity contribution in [3.05, 3.63) is 71.8 Å². The van der Waals surface area contributed by atoms with Gasteiger partial charge in [0.2, 0.25) is 5.91 Å². The van der Waals surface area contributed by atoms with Crippen LogP contribution in [0, 0.1) is 0 Å². The predicted octanol–water partition coefficient (Wildman–Crippen LogP) is 1.61. The van der Waals surface area contributed by atoms with Gasteiger partial charge in [0.25, 0.3) is 0 Å². The van der Waals surface area contributed by atoms with Gasteiger partial charge in [-0.3, -0.25) is 24.0 Å². The van der Waals surface area contributed by atoms with Gasteiger partial charge in [-0.2, -0.15) is 0 Å². The summed E-state index contributed by atoms with van der Waals surface area (Å²) in [7, 11) is 0. The van der Waals surface area contributed by atoms with Crippen LogP contribution in [0.15, 0.2) is 60.7 Å². The minimum absolute atomic E-state index is 0.130. The van der Waals surface area contributed by atoms with E-state index >= 15 is 0 Å². The monoisotopic (exact) mass is 686 g/mol. The Balaban J connectivity index is 1.84. The Labute approximate surface area is 281 Å². The van der Waals surface area contributed by atoms with Crippen LogP contribution in [-0.2, 0) is 75.1 Å². The number of hydrogen-bond acceptors (Lipinski definition) is 14. The first-order valence-corrected chi connectivity index (χ1v) is 15.1. The SMILES string of the molecule is CC(=O)OC[C@H]1O[C@H](NC(=O)C[C@H](NC(=O)OCc2ccccc2)C(=O)OCc2ccccc2)[C@H](OC(C)=O)[C@@H](OC(C)=O)[C@@H]1OC(C)=O. The summed E-state index contributed by atoms with van der Waals surface area (Å²) in [5.74, 6) is -5.20. The van der Waals surface area contributed by atoms with E-state index in [2.05, 4.69) is 10.6 Å². The number of ether oxygens (including phenoxy) is 7. The molecule has 0 spiro atoms. The molecule has 6 atom stereocenters. The van der Waals surface area contributed by atoms with Gasteiger partial charge >= 0.3 is 35.9 Å². The molecule has 2 aromatic carbocycles. The lowest BCUT2D eigenvalue weighted by Gasteiger charge is -2.44. The first-order chi connectivity index (χ1) is 23.3. The van der Waals surface area contributed by atoms with Gasteiger partial charge in [0.15, 0.2) is 24.5 Å². The molecule has 49 heavy (non-hydrogen) atoms. The van der Waals surface area contributed by atoms with Gasteiger partial charge in [-0.15, -0.1) is 0 Å². The summed E-state index contributed by atoms with van der Waals surface area (Å²) in [6.07, 6.45) is -9.24. The van der Waals surface area contributed by atoms with Crippen LogP contribution in [0.5, 0.6) is 0 Å². The van der Waals surface area contributed by atoms with Crippen molar-refractivity contribution in [1.82, 2.24) is 10.6 Å². The number of benzene rings is 2. The highest BCUT2D eigenvalue weighted by molar-refractivity contribution is 5.88. The van der Waals surface area contributed by atoms with E-state index in [9.17, 15) is 33.6 Å². The van der Waals surface area contributed by atoms with E-state index in [1.165, 1.54) is 0 Å². The Hall–Kier alpha value is -5.51. The van der Waals surface area contributed by atoms with Crippen LogP contribution in [0.4, 0.5) is 4.79 Å². The normalized spacial score (nSPS) is 20.4. The molecule has 0 unspecified atom stereocenters. The van der Waals surface area contributed by atoms with Crippen molar-refractivity contribution in [1.29, 1.82) is 0 Å². The zero-order chi connectivity index (χ0) is 35.9. The Kier molecular flexibility index (Phi) is 14.5. The molecule has 16 heteroatoms. The number of esters is 5. The smallest absolute Gasteiger partial charge is 0.408 e. The van der Waals surface area contributed by atoms with Crippen molar-refractivity contribution < 1.29 is 66.7 Å². The quantitative estimate of drug-likeness (QED) is 0.214. The van der Waals surface area contributed by atoms with Crippen LogP contribution < -0.4 is 10.6 Å². The average molecular weight is 687 g/mol. The molecule has 1 fully saturated rings. The summed E-state index contributed by atoms with van der Waals surface area (Å²) in [5, 5.41) is 4.78. The third kappa shape index (κ3) is 12.9. The van der Waals surface area contributed by atoms with Crippen LogP contribution in [0.3, 0.4) is 0 Å². The number of amides is 2. The molecular weight excluding hydrogens is 648 g/mol. The summed E-state index contributed by atoms with van der Waals surface area (Å²) in [6.45, 7) is 3.45. The maximum absolute atomic E-state index is 13.4. The second kappa shape index (κ2) is 18.7. The highest BCUT2D eigenvalue weighted by atomic mass is 16.7. The highest BCUT2D eigenvalue weighted by Gasteiger charge is 2.52. The van der Waals surface area contributed by atoms with Crippen LogP contribution in [0.25, 0.3) is 0 Å². The van der Waals surface area contributed by atoms with E-state index in [0.29, 0.717) is 11.1 Å². The van der Waals surface area contributed by atoms with Crippen molar-refractivity contribution in [2.45, 2.75) is 84.0 Å². The molecular formula is C33H38N2O14. The minimum atomic E-state index is -1.60. The van der Waals surface area contributed by atoms with Crippen molar-refractivity contribution in [3.8, 4) is 0 Å². The lowest BCUT2D eigenvalue weighted by molar-refractivity contribution is -0.257. The average Bonchev–Trinajstić information content (AvgIpc) is 3.04. The second-order valence-corrected chi connectivity index (χ2v) is 10.7. The Morgan fingerprint density at radius 1 is 0.653 bits per heavy atom. The number of nitrogens with one attached hydrogen (secondary N) is 2. The zero-order valence-corrected chi connectivity index (χ0v) is 27.3. The van der Waals surface area contributed by atoms with Gasteiger partial charge in [0, 0.05) is 27.7 Å². The highest BCUT2D eigenvalue weighted by Crippen LogP contribution is 2.28. The van der Waals surface area contributed by atoms with Crippen molar-refractivity contribution in [2.24, 2.45) is 0 Å². The number of alkyl carbamates (subject to hydrolysis) is 1. The fourth-order valence-corrected chi connectivity index (χ4v) is 4.68. The first kappa shape index (κ1) is 37.9. The van der Waals surface area contributed by atoms with Gasteiger partial charge < -0.3 is 43.8 Å². The third-order valence-corrected chi connectivity index (χ3v) is 6.70. The fourth-order valence-electron chi connectivity index (χ4n) is 4.68. The van der Waals surface area contributed by atoms with E-state index in [4.69, 9.17) is 33.2 Å². The molecule has 1 aliphatic rings. The molecule has 1 heterocycles. The molecule has 1 aliphatic heterocycles. The largest absolute Gasteiger partial charge is 0.463 e. The predicted molar refractivity (Wildman–Crippen MR) is 165 cm³/mol. The molecule has 16 nitrogen and oxygen atoms in total. The maximum Gasteiger partial charge on any atom is 0.408 e. The van der Waals surface area contributed by atoms with Crippen LogP contribution >= 0.6 is 0 Å². The van der Waals surface area contributed by atoms with Gasteiger partial charge in [-0.05, 0) is 11.1 Å². The molecule has 264 valence electrons. The summed E-state index contributed by atoms with van der Waals surface area (Å²) < 4.78 is 37.5. The molecule has 0 aromatic heterocycles. The molecule has 0 bridgehead atoms. The van der Waals surface area contributed by atoms with E-state index in [-0.39, 0.29) is 13.2 Å². The summed E-state index contributed by atoms with van der Waals surface area (Å²) >= 11 is 0. The minimum Gasteiger partial charge on any atom is -0.463 e. The lowest BCUT2D eigenvalue weighted by atomic mass is 9.97. The molecule has 1 saturated heterocycles. The Bertz CT molecular complexity index is 1470. The Morgan fingerprint density at radius 2 is 1.16 bits per heavy atom. The van der Waals surface area contributed by atoms with E-state index in [0.717, 1.165) is 27.7 Å². The first-order valence-electron chi connectivity index (χ1n) is 15.1. The van der Waals surface area contributed by atoms with E-state index < -0.39 is 91.6 Å². The van der Waals surface area contributed by atoms with Gasteiger partial charge in [-0.1, -0.05) is 60.7 Å². The third-order valence-electron chi connectivity index (χ3n) is 6.70. The molecule has 0 aliphatic carbocycles. The number of rotatable bonds is 14. The van der Waals surface area contributed by atoms with E-state index in [1.807, 2.05) is 0 Å². The maximum atomic E-state index is 13.4. The van der Waals surface area contributed by atoms with E-state index in [1.54, 1.807) is 60.7 Å². The van der Waals surface area contributed by atoms with Crippen LogP contribution in [-0.4, -0.2) is 85.1 Å². The van der Waals surface area contributed by atoms with Crippen LogP contribution in [0.2, 0.25) is 0 Å². The lowest BCUT2D eigenvalue weighted by Crippen LogP contribution is -2.66. The number of carbonyl (C=O) groups excluding carboxylic acids is 7. The molecule has 2 aromatic rings. The number of hydrogen-bond donors (Lipinski definition) is 2. The summed E-state index contributed by atoms with van der Waals surface area (Å²) in [6, 6.07) is 15.8. The van der Waals surface area contributed by atoms with Crippen molar-refractivity contribution in [2.75, 3.05) is 6.61 Å². The topological polar surface area (TPSA) is 208 Å².